The third kappa shape index (κ3) is 3.35. The van der Waals surface area contributed by atoms with E-state index in [0.717, 1.165) is 29.6 Å². The van der Waals surface area contributed by atoms with Gasteiger partial charge in [0.1, 0.15) is 11.6 Å². The summed E-state index contributed by atoms with van der Waals surface area (Å²) in [5.74, 6) is 2.06. The van der Waals surface area contributed by atoms with Crippen LogP contribution in [-0.4, -0.2) is 46.5 Å². The highest BCUT2D eigenvalue weighted by Crippen LogP contribution is 2.38. The number of nitrogens with zero attached hydrogens (tertiary/aromatic N) is 4. The summed E-state index contributed by atoms with van der Waals surface area (Å²) in [6.07, 6.45) is 5.92. The fraction of sp³-hybridized carbons (Fsp3) is 0.333. The van der Waals surface area contributed by atoms with Crippen molar-refractivity contribution >= 4 is 16.8 Å². The predicted octanol–water partition coefficient (Wildman–Crippen LogP) is 3.67. The van der Waals surface area contributed by atoms with Crippen LogP contribution >= 0.6 is 0 Å². The zero-order valence-corrected chi connectivity index (χ0v) is 15.8. The van der Waals surface area contributed by atoms with E-state index in [4.69, 9.17) is 9.72 Å². The number of ether oxygens (including phenoxy) is 1. The van der Waals surface area contributed by atoms with E-state index in [1.807, 2.05) is 31.2 Å². The molecule has 1 aliphatic carbocycles. The van der Waals surface area contributed by atoms with Crippen LogP contribution in [0, 0.1) is 0 Å². The Morgan fingerprint density at radius 2 is 1.96 bits per heavy atom. The number of pyridine rings is 1. The molecule has 0 radical (unpaired) electrons. The van der Waals surface area contributed by atoms with Crippen molar-refractivity contribution in [3.8, 4) is 17.0 Å². The van der Waals surface area contributed by atoms with Crippen molar-refractivity contribution in [2.45, 2.75) is 25.7 Å². The zero-order chi connectivity index (χ0) is 19.0. The molecule has 3 aromatic rings. The van der Waals surface area contributed by atoms with Crippen LogP contribution in [0.2, 0.25) is 0 Å². The minimum absolute atomic E-state index is 0.0353. The number of fused-ring (bicyclic) bond motifs is 1. The van der Waals surface area contributed by atoms with Gasteiger partial charge < -0.3 is 9.64 Å². The van der Waals surface area contributed by atoms with Crippen molar-refractivity contribution in [3.05, 3.63) is 48.0 Å². The van der Waals surface area contributed by atoms with E-state index in [2.05, 4.69) is 9.97 Å². The molecule has 0 saturated heterocycles. The highest BCUT2D eigenvalue weighted by atomic mass is 16.5. The van der Waals surface area contributed by atoms with Gasteiger partial charge in [0.25, 0.3) is 5.91 Å². The molecule has 138 valence electrons. The molecular weight excluding hydrogens is 340 g/mol. The fourth-order valence-electron chi connectivity index (χ4n) is 3.03. The Kier molecular flexibility index (Phi) is 4.48. The van der Waals surface area contributed by atoms with Crippen LogP contribution in [0.1, 0.15) is 41.9 Å². The summed E-state index contributed by atoms with van der Waals surface area (Å²) in [5.41, 5.74) is 2.82. The number of carbonyl (C=O) groups is 1. The van der Waals surface area contributed by atoms with E-state index in [-0.39, 0.29) is 5.91 Å². The quantitative estimate of drug-likeness (QED) is 0.693. The van der Waals surface area contributed by atoms with Gasteiger partial charge in [-0.2, -0.15) is 0 Å². The largest absolute Gasteiger partial charge is 0.497 e. The second-order valence-electron chi connectivity index (χ2n) is 6.86. The Labute approximate surface area is 158 Å². The molecule has 0 spiro atoms. The van der Waals surface area contributed by atoms with Gasteiger partial charge in [0.2, 0.25) is 0 Å². The number of carbonyl (C=O) groups excluding carboxylic acids is 1. The highest BCUT2D eigenvalue weighted by molar-refractivity contribution is 6.07. The van der Waals surface area contributed by atoms with E-state index >= 15 is 0 Å². The van der Waals surface area contributed by atoms with E-state index < -0.39 is 0 Å². The van der Waals surface area contributed by atoms with Crippen molar-refractivity contribution in [2.75, 3.05) is 20.7 Å². The molecule has 0 bridgehead atoms. The van der Waals surface area contributed by atoms with E-state index in [0.29, 0.717) is 35.0 Å². The van der Waals surface area contributed by atoms with Gasteiger partial charge in [0.05, 0.1) is 23.9 Å². The third-order valence-corrected chi connectivity index (χ3v) is 4.98. The molecule has 2 heterocycles. The summed E-state index contributed by atoms with van der Waals surface area (Å²) >= 11 is 0. The molecule has 6 heteroatoms. The van der Waals surface area contributed by atoms with Crippen LogP contribution in [0.4, 0.5) is 0 Å². The molecule has 27 heavy (non-hydrogen) atoms. The second kappa shape index (κ2) is 6.95. The van der Waals surface area contributed by atoms with Gasteiger partial charge in [-0.15, -0.1) is 0 Å². The first-order chi connectivity index (χ1) is 13.1. The van der Waals surface area contributed by atoms with Gasteiger partial charge >= 0.3 is 0 Å². The number of aromatic nitrogens is 3. The van der Waals surface area contributed by atoms with E-state index in [9.17, 15) is 4.79 Å². The van der Waals surface area contributed by atoms with Crippen LogP contribution in [0.15, 0.2) is 36.7 Å². The number of hydrogen-bond acceptors (Lipinski definition) is 5. The molecular formula is C21H22N4O2. The lowest BCUT2D eigenvalue weighted by molar-refractivity contribution is 0.0804. The summed E-state index contributed by atoms with van der Waals surface area (Å²) in [6.45, 7) is 2.59. The molecule has 1 saturated carbocycles. The van der Waals surface area contributed by atoms with Crippen LogP contribution < -0.4 is 4.74 Å². The van der Waals surface area contributed by atoms with Gasteiger partial charge in [0, 0.05) is 48.9 Å². The first-order valence-corrected chi connectivity index (χ1v) is 9.17. The molecule has 0 atom stereocenters. The SMILES string of the molecule is CCN(C)C(=O)c1cc(-c2cnc(C3CC3)nc2)nc2cc(OC)ccc12. The molecule has 0 N–H and O–H groups in total. The predicted molar refractivity (Wildman–Crippen MR) is 104 cm³/mol. The van der Waals surface area contributed by atoms with Gasteiger partial charge in [0.15, 0.2) is 0 Å². The summed E-state index contributed by atoms with van der Waals surface area (Å²) in [7, 11) is 3.41. The third-order valence-electron chi connectivity index (χ3n) is 4.98. The minimum Gasteiger partial charge on any atom is -0.497 e. The Bertz CT molecular complexity index is 997. The fourth-order valence-corrected chi connectivity index (χ4v) is 3.03. The first kappa shape index (κ1) is 17.4. The van der Waals surface area contributed by atoms with Crippen LogP contribution in [-0.2, 0) is 0 Å². The maximum absolute atomic E-state index is 12.9. The standard InChI is InChI=1S/C21H22N4O2/c1-4-25(2)21(26)17-10-18(14-11-22-20(23-12-14)13-5-6-13)24-19-9-15(27-3)7-8-16(17)19/h7-13H,4-6H2,1-3H3. The van der Waals surface area contributed by atoms with E-state index in [1.165, 1.54) is 0 Å². The van der Waals surface area contributed by atoms with Crippen molar-refractivity contribution in [2.24, 2.45) is 0 Å². The van der Waals surface area contributed by atoms with Gasteiger partial charge in [-0.1, -0.05) is 0 Å². The van der Waals surface area contributed by atoms with Crippen LogP contribution in [0.3, 0.4) is 0 Å². The number of hydrogen-bond donors (Lipinski definition) is 0. The molecule has 2 aromatic heterocycles. The van der Waals surface area contributed by atoms with Crippen LogP contribution in [0.5, 0.6) is 5.75 Å². The lowest BCUT2D eigenvalue weighted by atomic mass is 10.0. The van der Waals surface area contributed by atoms with Gasteiger partial charge in [-0.25, -0.2) is 15.0 Å². The Morgan fingerprint density at radius 1 is 1.22 bits per heavy atom. The van der Waals surface area contributed by atoms with Crippen molar-refractivity contribution < 1.29 is 9.53 Å². The Hall–Kier alpha value is -3.02. The molecule has 1 aromatic carbocycles. The molecule has 1 amide bonds. The summed E-state index contributed by atoms with van der Waals surface area (Å²) in [6, 6.07) is 7.41. The molecule has 0 unspecified atom stereocenters. The van der Waals surface area contributed by atoms with Crippen molar-refractivity contribution in [1.29, 1.82) is 0 Å². The van der Waals surface area contributed by atoms with E-state index in [1.54, 1.807) is 31.5 Å². The number of benzene rings is 1. The van der Waals surface area contributed by atoms with Crippen molar-refractivity contribution in [3.63, 3.8) is 0 Å². The lowest BCUT2D eigenvalue weighted by Gasteiger charge is -2.17. The topological polar surface area (TPSA) is 68.2 Å². The second-order valence-corrected chi connectivity index (χ2v) is 6.86. The Balaban J connectivity index is 1.85. The molecule has 1 aliphatic rings. The average molecular weight is 362 g/mol. The van der Waals surface area contributed by atoms with Gasteiger partial charge in [-0.05, 0) is 38.0 Å². The zero-order valence-electron chi connectivity index (χ0n) is 15.8. The Morgan fingerprint density at radius 3 is 2.59 bits per heavy atom. The molecule has 1 fully saturated rings. The first-order valence-electron chi connectivity index (χ1n) is 9.17. The van der Waals surface area contributed by atoms with Crippen LogP contribution in [0.25, 0.3) is 22.2 Å². The number of amides is 1. The highest BCUT2D eigenvalue weighted by Gasteiger charge is 2.26. The van der Waals surface area contributed by atoms with Gasteiger partial charge in [-0.3, -0.25) is 4.79 Å². The summed E-state index contributed by atoms with van der Waals surface area (Å²) in [4.78, 5) is 28.3. The molecule has 4 rings (SSSR count). The van der Waals surface area contributed by atoms with Crippen molar-refractivity contribution in [1.82, 2.24) is 19.9 Å². The number of rotatable bonds is 5. The maximum Gasteiger partial charge on any atom is 0.254 e. The smallest absolute Gasteiger partial charge is 0.254 e. The average Bonchev–Trinajstić information content (AvgIpc) is 3.56. The summed E-state index contributed by atoms with van der Waals surface area (Å²) < 4.78 is 5.33. The summed E-state index contributed by atoms with van der Waals surface area (Å²) in [5, 5.41) is 0.806. The normalized spacial score (nSPS) is 13.6. The molecule has 0 aliphatic heterocycles. The maximum atomic E-state index is 12.9. The minimum atomic E-state index is -0.0353. The number of methoxy groups -OCH3 is 1. The monoisotopic (exact) mass is 362 g/mol. The molecule has 6 nitrogen and oxygen atoms in total. The lowest BCUT2D eigenvalue weighted by Crippen LogP contribution is -2.26.